The van der Waals surface area contributed by atoms with Crippen molar-refractivity contribution in [2.24, 2.45) is 0 Å². The molecule has 2 aliphatic rings. The molecule has 1 aromatic carbocycles. The summed E-state index contributed by atoms with van der Waals surface area (Å²) in [5.41, 5.74) is -2.85. The minimum absolute atomic E-state index is 0.0134. The number of benzene rings is 1. The van der Waals surface area contributed by atoms with Gasteiger partial charge in [0.1, 0.15) is 17.3 Å². The number of piperidine rings is 1. The molecule has 0 unspecified atom stereocenters. The zero-order chi connectivity index (χ0) is 24.7. The largest absolute Gasteiger partial charge is 0.465 e. The fraction of sp³-hybridized carbons (Fsp3) is 0.524. The molecule has 34 heavy (non-hydrogen) atoms. The first-order valence-corrected chi connectivity index (χ1v) is 10.7. The number of likely N-dealkylation sites (tertiary alicyclic amines) is 1. The van der Waals surface area contributed by atoms with E-state index in [0.29, 0.717) is 10.5 Å². The van der Waals surface area contributed by atoms with Crippen LogP contribution in [0.4, 0.5) is 23.8 Å². The minimum Gasteiger partial charge on any atom is -0.465 e. The Morgan fingerprint density at radius 2 is 1.94 bits per heavy atom. The Kier molecular flexibility index (Phi) is 5.92. The Labute approximate surface area is 192 Å². The molecule has 0 bridgehead atoms. The first-order chi connectivity index (χ1) is 15.9. The van der Waals surface area contributed by atoms with E-state index in [2.05, 4.69) is 4.98 Å². The Morgan fingerprint density at radius 1 is 1.29 bits per heavy atom. The number of alkyl halides is 3. The summed E-state index contributed by atoms with van der Waals surface area (Å²) in [5, 5.41) is 20.6. The van der Waals surface area contributed by atoms with E-state index < -0.39 is 41.2 Å². The number of fused-ring (bicyclic) bond motifs is 1. The highest BCUT2D eigenvalue weighted by molar-refractivity contribution is 5.66. The van der Waals surface area contributed by atoms with Crippen LogP contribution in [0.1, 0.15) is 25.3 Å². The maximum atomic E-state index is 14.3. The fourth-order valence-corrected chi connectivity index (χ4v) is 4.79. The van der Waals surface area contributed by atoms with Gasteiger partial charge in [0, 0.05) is 31.2 Å². The van der Waals surface area contributed by atoms with E-state index in [4.69, 9.17) is 4.74 Å². The Morgan fingerprint density at radius 3 is 2.47 bits per heavy atom. The van der Waals surface area contributed by atoms with E-state index in [1.165, 1.54) is 10.8 Å². The number of aromatic nitrogens is 2. The maximum Gasteiger partial charge on any atom is 0.415 e. The maximum absolute atomic E-state index is 14.3. The average Bonchev–Trinajstić information content (AvgIpc) is 3.27. The summed E-state index contributed by atoms with van der Waals surface area (Å²) in [6.45, 7) is 1.96. The van der Waals surface area contributed by atoms with Gasteiger partial charge in [0.2, 0.25) is 0 Å². The topological polar surface area (TPSA) is 114 Å². The normalized spacial score (nSPS) is 22.1. The van der Waals surface area contributed by atoms with Crippen LogP contribution in [0.25, 0.3) is 0 Å². The number of carbonyl (C=O) groups is 1. The van der Waals surface area contributed by atoms with Crippen molar-refractivity contribution in [3.63, 3.8) is 0 Å². The van der Waals surface area contributed by atoms with Gasteiger partial charge in [-0.15, -0.1) is 0 Å². The lowest BCUT2D eigenvalue weighted by molar-refractivity contribution is -0.389. The molecule has 0 saturated carbocycles. The SMILES string of the molecule is C[C@]1(CN2CCC(N(Cc3ccccc3)C(=O)O)(C(F)(F)F)CC2)Cn2cc([N+](=O)[O-])nc2O1. The van der Waals surface area contributed by atoms with Crippen LogP contribution in [0.2, 0.25) is 0 Å². The number of nitrogens with zero attached hydrogens (tertiary/aromatic N) is 5. The van der Waals surface area contributed by atoms with Crippen molar-refractivity contribution < 1.29 is 32.7 Å². The van der Waals surface area contributed by atoms with Crippen molar-refractivity contribution in [2.75, 3.05) is 19.6 Å². The van der Waals surface area contributed by atoms with E-state index in [1.807, 2.05) is 0 Å². The Balaban J connectivity index is 1.47. The summed E-state index contributed by atoms with van der Waals surface area (Å²) in [4.78, 5) is 28.4. The minimum atomic E-state index is -4.75. The highest BCUT2D eigenvalue weighted by Crippen LogP contribution is 2.44. The summed E-state index contributed by atoms with van der Waals surface area (Å²) in [5.74, 6) is -0.336. The molecule has 1 N–H and O–H groups in total. The van der Waals surface area contributed by atoms with Gasteiger partial charge in [0.25, 0.3) is 0 Å². The molecule has 0 spiro atoms. The van der Waals surface area contributed by atoms with Crippen molar-refractivity contribution in [1.82, 2.24) is 19.4 Å². The molecule has 1 saturated heterocycles. The van der Waals surface area contributed by atoms with Gasteiger partial charge in [0.05, 0.1) is 6.54 Å². The van der Waals surface area contributed by atoms with Crippen LogP contribution in [0.15, 0.2) is 36.5 Å². The second kappa shape index (κ2) is 8.46. The van der Waals surface area contributed by atoms with Gasteiger partial charge in [0.15, 0.2) is 0 Å². The fourth-order valence-electron chi connectivity index (χ4n) is 4.79. The third kappa shape index (κ3) is 4.39. The van der Waals surface area contributed by atoms with Crippen molar-refractivity contribution in [1.29, 1.82) is 0 Å². The van der Waals surface area contributed by atoms with Crippen molar-refractivity contribution in [2.45, 2.75) is 50.2 Å². The molecule has 1 fully saturated rings. The number of rotatable bonds is 6. The van der Waals surface area contributed by atoms with Crippen molar-refractivity contribution in [3.8, 4) is 6.01 Å². The van der Waals surface area contributed by atoms with E-state index >= 15 is 0 Å². The molecule has 0 aliphatic carbocycles. The summed E-state index contributed by atoms with van der Waals surface area (Å²) in [6, 6.07) is 8.31. The molecular formula is C21H24F3N5O5. The zero-order valence-corrected chi connectivity index (χ0v) is 18.4. The van der Waals surface area contributed by atoms with Crippen LogP contribution in [-0.4, -0.2) is 72.4 Å². The summed E-state index contributed by atoms with van der Waals surface area (Å²) < 4.78 is 50.3. The van der Waals surface area contributed by atoms with Gasteiger partial charge in [-0.25, -0.2) is 4.79 Å². The second-order valence-corrected chi connectivity index (χ2v) is 8.98. The van der Waals surface area contributed by atoms with Crippen LogP contribution in [0.3, 0.4) is 0 Å². The van der Waals surface area contributed by atoms with Crippen molar-refractivity contribution >= 4 is 11.9 Å². The molecule has 1 atom stereocenters. The smallest absolute Gasteiger partial charge is 0.415 e. The first-order valence-electron chi connectivity index (χ1n) is 10.7. The second-order valence-electron chi connectivity index (χ2n) is 8.98. The number of carboxylic acid groups (broad SMARTS) is 1. The predicted molar refractivity (Wildman–Crippen MR) is 112 cm³/mol. The van der Waals surface area contributed by atoms with Gasteiger partial charge in [-0.05, 0) is 30.3 Å². The third-order valence-electron chi connectivity index (χ3n) is 6.46. The van der Waals surface area contributed by atoms with E-state index in [-0.39, 0.29) is 44.6 Å². The van der Waals surface area contributed by atoms with Gasteiger partial charge in [-0.1, -0.05) is 30.3 Å². The predicted octanol–water partition coefficient (Wildman–Crippen LogP) is 3.52. The number of hydrogen-bond donors (Lipinski definition) is 1. The summed E-state index contributed by atoms with van der Waals surface area (Å²) >= 11 is 0. The highest BCUT2D eigenvalue weighted by atomic mass is 19.4. The van der Waals surface area contributed by atoms with Crippen LogP contribution in [0.5, 0.6) is 6.01 Å². The van der Waals surface area contributed by atoms with E-state index in [0.717, 1.165) is 0 Å². The van der Waals surface area contributed by atoms with Crippen LogP contribution in [0, 0.1) is 10.1 Å². The van der Waals surface area contributed by atoms with Gasteiger partial charge >= 0.3 is 24.1 Å². The van der Waals surface area contributed by atoms with Gasteiger partial charge in [-0.3, -0.25) is 14.4 Å². The molecule has 1 aromatic heterocycles. The number of amides is 1. The molecule has 0 radical (unpaired) electrons. The monoisotopic (exact) mass is 483 g/mol. The molecule has 13 heteroatoms. The Bertz CT molecular complexity index is 1040. The lowest BCUT2D eigenvalue weighted by Gasteiger charge is -2.49. The highest BCUT2D eigenvalue weighted by Gasteiger charge is 2.61. The van der Waals surface area contributed by atoms with E-state index in [9.17, 15) is 33.2 Å². The molecule has 4 rings (SSSR count). The number of ether oxygens (including phenoxy) is 1. The molecule has 2 aromatic rings. The summed E-state index contributed by atoms with van der Waals surface area (Å²) in [7, 11) is 0. The first kappa shape index (κ1) is 23.8. The number of hydrogen-bond acceptors (Lipinski definition) is 6. The molecular weight excluding hydrogens is 459 g/mol. The molecule has 1 amide bonds. The Hall–Kier alpha value is -3.35. The number of nitro groups is 1. The number of halogens is 3. The standard InChI is InChI=1S/C21H24F3N5O5/c1-19(14-27-12-16(29(32)33)25-17(27)34-19)13-26-9-7-20(8-10-26,21(22,23)24)28(18(30)31)11-15-5-3-2-4-6-15/h2-6,12H,7-11,13-14H2,1H3,(H,30,31)/t19-/m0/s1. The molecule has 2 aliphatic heterocycles. The summed E-state index contributed by atoms with van der Waals surface area (Å²) in [6.07, 6.45) is -5.93. The van der Waals surface area contributed by atoms with Crippen LogP contribution in [-0.2, 0) is 13.1 Å². The van der Waals surface area contributed by atoms with Crippen LogP contribution < -0.4 is 4.74 Å². The van der Waals surface area contributed by atoms with Gasteiger partial charge in [-0.2, -0.15) is 13.2 Å². The van der Waals surface area contributed by atoms with E-state index in [1.54, 1.807) is 42.2 Å². The van der Waals surface area contributed by atoms with Crippen LogP contribution >= 0.6 is 0 Å². The molecule has 184 valence electrons. The third-order valence-corrected chi connectivity index (χ3v) is 6.46. The molecule has 10 nitrogen and oxygen atoms in total. The number of imidazole rings is 1. The zero-order valence-electron chi connectivity index (χ0n) is 18.4. The molecule has 3 heterocycles. The van der Waals surface area contributed by atoms with Gasteiger partial charge < -0.3 is 20.0 Å². The van der Waals surface area contributed by atoms with Crippen molar-refractivity contribution in [3.05, 3.63) is 52.2 Å². The average molecular weight is 483 g/mol. The lowest BCUT2D eigenvalue weighted by atomic mass is 9.84. The lowest BCUT2D eigenvalue weighted by Crippen LogP contribution is -2.65. The quantitative estimate of drug-likeness (QED) is 0.494.